The molecule has 2 aromatic heterocycles. The first-order chi connectivity index (χ1) is 19.6. The zero-order chi connectivity index (χ0) is 29.1. The number of benzene rings is 3. The van der Waals surface area contributed by atoms with E-state index in [0.29, 0.717) is 23.2 Å². The van der Waals surface area contributed by atoms with Gasteiger partial charge in [-0.05, 0) is 81.7 Å². The molecule has 0 saturated carbocycles. The number of anilines is 3. The van der Waals surface area contributed by atoms with Crippen LogP contribution >= 0.6 is 0 Å². The third-order valence-electron chi connectivity index (χ3n) is 6.92. The highest BCUT2D eigenvalue weighted by Crippen LogP contribution is 2.27. The van der Waals surface area contributed by atoms with Gasteiger partial charge in [0.25, 0.3) is 10.0 Å². The number of ether oxygens (including phenoxy) is 1. The van der Waals surface area contributed by atoms with Gasteiger partial charge >= 0.3 is 0 Å². The Labute approximate surface area is 238 Å². The topological polar surface area (TPSA) is 101 Å². The number of nitrogens with one attached hydrogen (secondary N) is 2. The van der Waals surface area contributed by atoms with E-state index < -0.39 is 15.8 Å². The molecule has 9 nitrogen and oxygen atoms in total. The molecule has 1 unspecified atom stereocenters. The van der Waals surface area contributed by atoms with Crippen molar-refractivity contribution in [2.45, 2.75) is 24.4 Å². The zero-order valence-corrected chi connectivity index (χ0v) is 24.0. The van der Waals surface area contributed by atoms with Crippen LogP contribution in [0.25, 0.3) is 22.2 Å². The van der Waals surface area contributed by atoms with Crippen LogP contribution in [0, 0.1) is 5.82 Å². The first-order valence-electron chi connectivity index (χ1n) is 12.9. The lowest BCUT2D eigenvalue weighted by Crippen LogP contribution is -2.28. The Bertz CT molecular complexity index is 1790. The summed E-state index contributed by atoms with van der Waals surface area (Å²) >= 11 is 0. The van der Waals surface area contributed by atoms with Crippen molar-refractivity contribution in [3.8, 4) is 17.0 Å². The highest BCUT2D eigenvalue weighted by Gasteiger charge is 2.17. The number of nitrogens with zero attached hydrogens (tertiary/aromatic N) is 4. The van der Waals surface area contributed by atoms with Crippen LogP contribution in [-0.2, 0) is 16.6 Å². The molecule has 0 aliphatic carbocycles. The van der Waals surface area contributed by atoms with Crippen LogP contribution in [0.5, 0.6) is 5.75 Å². The maximum Gasteiger partial charge on any atom is 0.262 e. The molecule has 0 aliphatic rings. The van der Waals surface area contributed by atoms with Gasteiger partial charge in [0, 0.05) is 52.7 Å². The second-order valence-electron chi connectivity index (χ2n) is 9.95. The largest absolute Gasteiger partial charge is 0.494 e. The molecule has 2 N–H and O–H groups in total. The fraction of sp³-hybridized carbons (Fsp3) is 0.200. The number of methoxy groups -OCH3 is 1. The fourth-order valence-corrected chi connectivity index (χ4v) is 5.42. The van der Waals surface area contributed by atoms with Gasteiger partial charge in [-0.25, -0.2) is 22.8 Å². The van der Waals surface area contributed by atoms with Gasteiger partial charge in [-0.2, -0.15) is 0 Å². The van der Waals surface area contributed by atoms with Crippen LogP contribution < -0.4 is 14.8 Å². The van der Waals surface area contributed by atoms with Crippen molar-refractivity contribution in [2.24, 2.45) is 0 Å². The summed E-state index contributed by atoms with van der Waals surface area (Å²) < 4.78 is 49.0. The summed E-state index contributed by atoms with van der Waals surface area (Å²) in [6.45, 7) is 3.10. The van der Waals surface area contributed by atoms with E-state index in [1.54, 1.807) is 24.3 Å². The first-order valence-corrected chi connectivity index (χ1v) is 14.4. The molecule has 1 atom stereocenters. The SMILES string of the molecule is COc1ccc(S(=O)(=O)Nc2ccc(Nc3cc(-c4ccc5c(ccn5CC(C)N(C)C)c4)ncn3)cc2)cc1F. The summed E-state index contributed by atoms with van der Waals surface area (Å²) in [5.41, 5.74) is 3.95. The molecule has 212 valence electrons. The zero-order valence-electron chi connectivity index (χ0n) is 23.2. The number of fused-ring (bicyclic) bond motifs is 1. The second kappa shape index (κ2) is 11.6. The van der Waals surface area contributed by atoms with E-state index >= 15 is 0 Å². The van der Waals surface area contributed by atoms with Crippen LogP contribution in [-0.4, -0.2) is 55.1 Å². The Kier molecular flexibility index (Phi) is 7.91. The minimum absolute atomic E-state index is 0.0304. The van der Waals surface area contributed by atoms with Gasteiger partial charge < -0.3 is 19.5 Å². The average Bonchev–Trinajstić information content (AvgIpc) is 3.35. The molecule has 0 amide bonds. The smallest absolute Gasteiger partial charge is 0.262 e. The van der Waals surface area contributed by atoms with Crippen LogP contribution in [0.3, 0.4) is 0 Å². The molecule has 0 spiro atoms. The fourth-order valence-electron chi connectivity index (χ4n) is 4.35. The minimum Gasteiger partial charge on any atom is -0.494 e. The van der Waals surface area contributed by atoms with Gasteiger partial charge in [-0.1, -0.05) is 6.07 Å². The molecular formula is C30H31FN6O3S. The summed E-state index contributed by atoms with van der Waals surface area (Å²) in [6, 6.07) is 20.8. The van der Waals surface area contributed by atoms with E-state index in [0.717, 1.165) is 29.3 Å². The Balaban J connectivity index is 1.28. The van der Waals surface area contributed by atoms with Gasteiger partial charge in [-0.3, -0.25) is 4.72 Å². The molecule has 5 aromatic rings. The van der Waals surface area contributed by atoms with Crippen molar-refractivity contribution >= 4 is 38.1 Å². The summed E-state index contributed by atoms with van der Waals surface area (Å²) in [5.74, 6) is -0.196. The maximum absolute atomic E-state index is 14.0. The van der Waals surface area contributed by atoms with E-state index in [4.69, 9.17) is 4.74 Å². The number of halogens is 1. The number of hydrogen-bond donors (Lipinski definition) is 2. The lowest BCUT2D eigenvalue weighted by Gasteiger charge is -2.20. The van der Waals surface area contributed by atoms with Crippen molar-refractivity contribution < 1.29 is 17.5 Å². The minimum atomic E-state index is -3.98. The Morgan fingerprint density at radius 1 is 0.976 bits per heavy atom. The van der Waals surface area contributed by atoms with E-state index in [2.05, 4.69) is 81.0 Å². The monoisotopic (exact) mass is 574 g/mol. The average molecular weight is 575 g/mol. The van der Waals surface area contributed by atoms with Crippen LogP contribution in [0.4, 0.5) is 21.6 Å². The number of aromatic nitrogens is 3. The predicted octanol–water partition coefficient (Wildman–Crippen LogP) is 5.74. The quantitative estimate of drug-likeness (QED) is 0.219. The standard InChI is InChI=1S/C30H31FN6O3S/c1-20(36(2)3)18-37-14-13-22-15-21(5-11-28(22)37)27-17-30(33-19-32-27)34-23-6-8-24(9-7-23)35-41(38,39)25-10-12-29(40-4)26(31)16-25/h5-17,19-20,35H,18H2,1-4H3,(H,32,33,34). The van der Waals surface area contributed by atoms with Crippen molar-refractivity contribution in [2.75, 3.05) is 31.2 Å². The lowest BCUT2D eigenvalue weighted by molar-refractivity contribution is 0.286. The number of sulfonamides is 1. The summed E-state index contributed by atoms with van der Waals surface area (Å²) in [5, 5.41) is 4.36. The molecular weight excluding hydrogens is 543 g/mol. The lowest BCUT2D eigenvalue weighted by atomic mass is 10.1. The van der Waals surface area contributed by atoms with E-state index in [1.165, 1.54) is 31.1 Å². The Morgan fingerprint density at radius 2 is 1.73 bits per heavy atom. The van der Waals surface area contributed by atoms with Crippen molar-refractivity contribution in [1.82, 2.24) is 19.4 Å². The second-order valence-corrected chi connectivity index (χ2v) is 11.6. The molecule has 0 fully saturated rings. The Morgan fingerprint density at radius 3 is 2.44 bits per heavy atom. The molecule has 0 radical (unpaired) electrons. The molecule has 0 bridgehead atoms. The normalized spacial score (nSPS) is 12.4. The molecule has 0 saturated heterocycles. The summed E-state index contributed by atoms with van der Waals surface area (Å²) in [6.07, 6.45) is 3.61. The van der Waals surface area contributed by atoms with Crippen molar-refractivity contribution in [3.05, 3.63) is 91.1 Å². The molecule has 5 rings (SSSR count). The van der Waals surface area contributed by atoms with Crippen molar-refractivity contribution in [1.29, 1.82) is 0 Å². The van der Waals surface area contributed by atoms with Gasteiger partial charge in [-0.15, -0.1) is 0 Å². The summed E-state index contributed by atoms with van der Waals surface area (Å²) in [4.78, 5) is 10.8. The van der Waals surface area contributed by atoms with Gasteiger partial charge in [0.2, 0.25) is 0 Å². The van der Waals surface area contributed by atoms with Gasteiger partial charge in [0.1, 0.15) is 12.1 Å². The van der Waals surface area contributed by atoms with Crippen LogP contribution in [0.2, 0.25) is 0 Å². The van der Waals surface area contributed by atoms with Crippen LogP contribution in [0.15, 0.2) is 90.2 Å². The van der Waals surface area contributed by atoms with Gasteiger partial charge in [0.15, 0.2) is 11.6 Å². The molecule has 3 aromatic carbocycles. The van der Waals surface area contributed by atoms with Crippen LogP contribution in [0.1, 0.15) is 6.92 Å². The maximum atomic E-state index is 14.0. The Hall–Kier alpha value is -4.48. The number of hydrogen-bond acceptors (Lipinski definition) is 7. The highest BCUT2D eigenvalue weighted by atomic mass is 32.2. The molecule has 0 aliphatic heterocycles. The number of rotatable bonds is 10. The van der Waals surface area contributed by atoms with E-state index in [-0.39, 0.29) is 10.6 Å². The summed E-state index contributed by atoms with van der Waals surface area (Å²) in [7, 11) is 1.49. The van der Waals surface area contributed by atoms with Crippen molar-refractivity contribution in [3.63, 3.8) is 0 Å². The highest BCUT2D eigenvalue weighted by molar-refractivity contribution is 7.92. The third-order valence-corrected chi connectivity index (χ3v) is 8.30. The first kappa shape index (κ1) is 28.1. The molecule has 2 heterocycles. The van der Waals surface area contributed by atoms with Gasteiger partial charge in [0.05, 0.1) is 17.7 Å². The predicted molar refractivity (Wildman–Crippen MR) is 160 cm³/mol. The third kappa shape index (κ3) is 6.31. The van der Waals surface area contributed by atoms with E-state index in [9.17, 15) is 12.8 Å². The molecule has 11 heteroatoms. The van der Waals surface area contributed by atoms with E-state index in [1.807, 2.05) is 6.07 Å². The number of likely N-dealkylation sites (N-methyl/N-ethyl adjacent to an activating group) is 1. The molecule has 41 heavy (non-hydrogen) atoms.